The van der Waals surface area contributed by atoms with Crippen molar-refractivity contribution >= 4 is 11.3 Å². The molecule has 0 fully saturated rings. The van der Waals surface area contributed by atoms with E-state index in [1.807, 2.05) is 30.5 Å². The first-order valence-electron chi connectivity index (χ1n) is 7.03. The van der Waals surface area contributed by atoms with Crippen LogP contribution in [0.25, 0.3) is 0 Å². The molecule has 5 heteroatoms. The van der Waals surface area contributed by atoms with E-state index in [4.69, 9.17) is 14.2 Å². The fourth-order valence-electron chi connectivity index (χ4n) is 1.75. The van der Waals surface area contributed by atoms with Crippen molar-refractivity contribution in [2.45, 2.75) is 20.1 Å². The van der Waals surface area contributed by atoms with Crippen molar-refractivity contribution in [1.29, 1.82) is 0 Å². The van der Waals surface area contributed by atoms with Crippen molar-refractivity contribution in [3.8, 4) is 0 Å². The second-order valence-electron chi connectivity index (χ2n) is 4.56. The number of nitrogens with zero attached hydrogens (tertiary/aromatic N) is 1. The maximum absolute atomic E-state index is 5.52. The van der Waals surface area contributed by atoms with Gasteiger partial charge in [-0.1, -0.05) is 30.3 Å². The van der Waals surface area contributed by atoms with Crippen LogP contribution in [-0.4, -0.2) is 31.4 Å². The monoisotopic (exact) mass is 307 g/mol. The van der Waals surface area contributed by atoms with Gasteiger partial charge in [0.25, 0.3) is 0 Å². The lowest BCUT2D eigenvalue weighted by molar-refractivity contribution is 0.00659. The standard InChI is InChI=1S/C16H21NO3S/c1-14-17-16(13-21-14)12-20-10-8-18-7-9-19-11-15-5-3-2-4-6-15/h2-6,13H,7-12H2,1H3. The third-order valence-corrected chi connectivity index (χ3v) is 3.59. The number of thiazole rings is 1. The predicted octanol–water partition coefficient (Wildman–Crippen LogP) is 3.20. The molecule has 2 rings (SSSR count). The van der Waals surface area contributed by atoms with Gasteiger partial charge in [0, 0.05) is 5.38 Å². The molecule has 0 saturated carbocycles. The summed E-state index contributed by atoms with van der Waals surface area (Å²) in [5, 5.41) is 3.09. The van der Waals surface area contributed by atoms with E-state index in [9.17, 15) is 0 Å². The molecule has 0 atom stereocenters. The molecular weight excluding hydrogens is 286 g/mol. The van der Waals surface area contributed by atoms with Crippen LogP contribution in [0.5, 0.6) is 0 Å². The second kappa shape index (κ2) is 9.63. The molecule has 0 N–H and O–H groups in total. The van der Waals surface area contributed by atoms with Gasteiger partial charge in [0.1, 0.15) is 0 Å². The van der Waals surface area contributed by atoms with Gasteiger partial charge in [-0.25, -0.2) is 4.98 Å². The van der Waals surface area contributed by atoms with Crippen LogP contribution in [0, 0.1) is 6.92 Å². The molecule has 1 aromatic carbocycles. The highest BCUT2D eigenvalue weighted by atomic mass is 32.1. The summed E-state index contributed by atoms with van der Waals surface area (Å²) in [4.78, 5) is 4.33. The number of benzene rings is 1. The predicted molar refractivity (Wildman–Crippen MR) is 83.4 cm³/mol. The van der Waals surface area contributed by atoms with Gasteiger partial charge in [0.2, 0.25) is 0 Å². The summed E-state index contributed by atoms with van der Waals surface area (Å²) in [6.45, 7) is 5.52. The molecule has 0 bridgehead atoms. The largest absolute Gasteiger partial charge is 0.377 e. The Morgan fingerprint density at radius 1 is 0.905 bits per heavy atom. The molecule has 0 saturated heterocycles. The van der Waals surface area contributed by atoms with Crippen molar-refractivity contribution in [2.75, 3.05) is 26.4 Å². The van der Waals surface area contributed by atoms with Crippen LogP contribution in [-0.2, 0) is 27.4 Å². The third-order valence-electron chi connectivity index (χ3n) is 2.77. The molecule has 0 spiro atoms. The molecule has 21 heavy (non-hydrogen) atoms. The molecule has 2 aromatic rings. The fourth-order valence-corrected chi connectivity index (χ4v) is 2.35. The van der Waals surface area contributed by atoms with Gasteiger partial charge in [-0.15, -0.1) is 11.3 Å². The van der Waals surface area contributed by atoms with Gasteiger partial charge in [0.05, 0.1) is 50.3 Å². The number of ether oxygens (including phenoxy) is 3. The number of hydrogen-bond acceptors (Lipinski definition) is 5. The zero-order valence-corrected chi connectivity index (χ0v) is 13.1. The van der Waals surface area contributed by atoms with Gasteiger partial charge in [-0.3, -0.25) is 0 Å². The number of aryl methyl sites for hydroxylation is 1. The average Bonchev–Trinajstić information content (AvgIpc) is 2.92. The van der Waals surface area contributed by atoms with Crippen molar-refractivity contribution < 1.29 is 14.2 Å². The SMILES string of the molecule is Cc1nc(COCCOCCOCc2ccccc2)cs1. The van der Waals surface area contributed by atoms with E-state index in [0.29, 0.717) is 39.6 Å². The molecular formula is C16H21NO3S. The molecule has 4 nitrogen and oxygen atoms in total. The van der Waals surface area contributed by atoms with E-state index in [0.717, 1.165) is 10.7 Å². The van der Waals surface area contributed by atoms with E-state index in [1.54, 1.807) is 11.3 Å². The first kappa shape index (κ1) is 16.1. The number of rotatable bonds is 10. The molecule has 0 amide bonds. The van der Waals surface area contributed by atoms with Crippen LogP contribution in [0.1, 0.15) is 16.3 Å². The van der Waals surface area contributed by atoms with Gasteiger partial charge in [-0.05, 0) is 12.5 Å². The van der Waals surface area contributed by atoms with Crippen LogP contribution in [0.2, 0.25) is 0 Å². The van der Waals surface area contributed by atoms with Crippen molar-refractivity contribution in [3.05, 3.63) is 52.0 Å². The van der Waals surface area contributed by atoms with Gasteiger partial charge in [0.15, 0.2) is 0 Å². The first-order valence-corrected chi connectivity index (χ1v) is 7.91. The minimum atomic E-state index is 0.554. The highest BCUT2D eigenvalue weighted by Gasteiger charge is 1.98. The zero-order chi connectivity index (χ0) is 14.8. The fraction of sp³-hybridized carbons (Fsp3) is 0.438. The van der Waals surface area contributed by atoms with Crippen LogP contribution < -0.4 is 0 Å². The summed E-state index contributed by atoms with van der Waals surface area (Å²) >= 11 is 1.64. The third kappa shape index (κ3) is 6.82. The van der Waals surface area contributed by atoms with E-state index in [-0.39, 0.29) is 0 Å². The summed E-state index contributed by atoms with van der Waals surface area (Å²) in [6, 6.07) is 10.1. The topological polar surface area (TPSA) is 40.6 Å². The van der Waals surface area contributed by atoms with Crippen LogP contribution in [0.15, 0.2) is 35.7 Å². The molecule has 1 aromatic heterocycles. The maximum Gasteiger partial charge on any atom is 0.0898 e. The lowest BCUT2D eigenvalue weighted by Gasteiger charge is -2.06. The molecule has 0 unspecified atom stereocenters. The van der Waals surface area contributed by atoms with E-state index in [1.165, 1.54) is 5.56 Å². The Morgan fingerprint density at radius 2 is 1.57 bits per heavy atom. The van der Waals surface area contributed by atoms with Gasteiger partial charge >= 0.3 is 0 Å². The van der Waals surface area contributed by atoms with Gasteiger partial charge < -0.3 is 14.2 Å². The quantitative estimate of drug-likeness (QED) is 0.632. The van der Waals surface area contributed by atoms with Crippen LogP contribution >= 0.6 is 11.3 Å². The van der Waals surface area contributed by atoms with E-state index >= 15 is 0 Å². The summed E-state index contributed by atoms with van der Waals surface area (Å²) in [5.74, 6) is 0. The Labute approximate surface area is 129 Å². The molecule has 0 aliphatic carbocycles. The minimum absolute atomic E-state index is 0.554. The normalized spacial score (nSPS) is 10.9. The highest BCUT2D eigenvalue weighted by Crippen LogP contribution is 2.08. The summed E-state index contributed by atoms with van der Waals surface area (Å²) in [5.41, 5.74) is 2.17. The number of hydrogen-bond donors (Lipinski definition) is 0. The Hall–Kier alpha value is -1.27. The second-order valence-corrected chi connectivity index (χ2v) is 5.62. The maximum atomic E-state index is 5.52. The molecule has 0 radical (unpaired) electrons. The summed E-state index contributed by atoms with van der Waals surface area (Å²) in [6.07, 6.45) is 0. The zero-order valence-electron chi connectivity index (χ0n) is 12.3. The lowest BCUT2D eigenvalue weighted by atomic mass is 10.2. The number of aromatic nitrogens is 1. The highest BCUT2D eigenvalue weighted by molar-refractivity contribution is 7.09. The van der Waals surface area contributed by atoms with Crippen LogP contribution in [0.3, 0.4) is 0 Å². The Morgan fingerprint density at radius 3 is 2.24 bits per heavy atom. The Balaban J connectivity index is 1.40. The molecule has 0 aliphatic heterocycles. The van der Waals surface area contributed by atoms with Gasteiger partial charge in [-0.2, -0.15) is 0 Å². The summed E-state index contributed by atoms with van der Waals surface area (Å²) < 4.78 is 16.5. The van der Waals surface area contributed by atoms with Crippen molar-refractivity contribution in [3.63, 3.8) is 0 Å². The van der Waals surface area contributed by atoms with Crippen molar-refractivity contribution in [2.24, 2.45) is 0 Å². The first-order chi connectivity index (χ1) is 10.3. The lowest BCUT2D eigenvalue weighted by Crippen LogP contribution is -2.09. The summed E-state index contributed by atoms with van der Waals surface area (Å²) in [7, 11) is 0. The Kier molecular flexibility index (Phi) is 7.38. The molecule has 1 heterocycles. The molecule has 114 valence electrons. The average molecular weight is 307 g/mol. The van der Waals surface area contributed by atoms with E-state index in [2.05, 4.69) is 17.1 Å². The van der Waals surface area contributed by atoms with E-state index < -0.39 is 0 Å². The Bertz CT molecular complexity index is 501. The molecule has 0 aliphatic rings. The minimum Gasteiger partial charge on any atom is -0.377 e. The smallest absolute Gasteiger partial charge is 0.0898 e. The van der Waals surface area contributed by atoms with Crippen LogP contribution in [0.4, 0.5) is 0 Å². The van der Waals surface area contributed by atoms with Crippen molar-refractivity contribution in [1.82, 2.24) is 4.98 Å².